The highest BCUT2D eigenvalue weighted by Crippen LogP contribution is 2.15. The molecule has 122 heavy (non-hydrogen) atoms. The third-order valence-electron chi connectivity index (χ3n) is 18.1. The molecule has 0 fully saturated rings. The summed E-state index contributed by atoms with van der Waals surface area (Å²) in [4.78, 5) is 282. The highest BCUT2D eigenvalue weighted by atomic mass is 16.4. The molecule has 0 aliphatic rings. The lowest BCUT2D eigenvalue weighted by Crippen LogP contribution is -2.63. The van der Waals surface area contributed by atoms with Gasteiger partial charge < -0.3 is 151 Å². The number of carbonyl (C=O) groups excluding carboxylic acids is 20. The first-order valence-electron chi connectivity index (χ1n) is 39.3. The highest BCUT2D eigenvalue weighted by molar-refractivity contribution is 6.02. The lowest BCUT2D eigenvalue weighted by Gasteiger charge is -2.29. The van der Waals surface area contributed by atoms with E-state index in [1.54, 1.807) is 48.5 Å². The van der Waals surface area contributed by atoms with Gasteiger partial charge in [0.15, 0.2) is 5.96 Å². The van der Waals surface area contributed by atoms with Crippen molar-refractivity contribution in [2.75, 3.05) is 26.4 Å². The van der Waals surface area contributed by atoms with Crippen LogP contribution in [-0.4, -0.2) is 285 Å². The minimum Gasteiger partial charge on any atom is -0.480 e. The summed E-state index contributed by atoms with van der Waals surface area (Å²) in [6, 6.07) is -27.2. The predicted octanol–water partition coefficient (Wildman–Crippen LogP) is -13.1. The molecule has 0 bridgehead atoms. The van der Waals surface area contributed by atoms with Crippen molar-refractivity contribution in [2.24, 2.45) is 74.5 Å². The molecule has 0 spiro atoms. The Labute approximate surface area is 703 Å². The molecular formula is C72H126N24O26. The maximum atomic E-state index is 14.4. The van der Waals surface area contributed by atoms with Crippen LogP contribution in [0.4, 0.5) is 0 Å². The third-order valence-corrected chi connectivity index (χ3v) is 18.1. The Morgan fingerprint density at radius 1 is 0.311 bits per heavy atom. The number of aliphatic hydroxyl groups is 4. The van der Waals surface area contributed by atoms with Gasteiger partial charge in [-0.25, -0.2) is 4.79 Å². The maximum Gasteiger partial charge on any atom is 0.328 e. The van der Waals surface area contributed by atoms with Crippen LogP contribution in [0.1, 0.15) is 166 Å². The fraction of sp³-hybridized carbons (Fsp3) is 0.694. The number of guanidine groups is 1. The monoisotopic (exact) mass is 1740 g/mol. The van der Waals surface area contributed by atoms with Crippen molar-refractivity contribution >= 4 is 130 Å². The van der Waals surface area contributed by atoms with Crippen molar-refractivity contribution in [1.82, 2.24) is 79.8 Å². The van der Waals surface area contributed by atoms with E-state index in [4.69, 9.17) is 45.9 Å². The van der Waals surface area contributed by atoms with Crippen LogP contribution in [0.25, 0.3) is 0 Å². The second kappa shape index (κ2) is 55.7. The number of hydrogen-bond donors (Lipinski definition) is 28. The fourth-order valence-corrected chi connectivity index (χ4v) is 11.2. The van der Waals surface area contributed by atoms with Gasteiger partial charge >= 0.3 is 5.97 Å². The van der Waals surface area contributed by atoms with Crippen LogP contribution in [0, 0.1) is 23.7 Å². The van der Waals surface area contributed by atoms with Crippen molar-refractivity contribution in [2.45, 2.75) is 269 Å². The summed E-state index contributed by atoms with van der Waals surface area (Å²) in [6.07, 6.45) is -7.20. The number of primary amides is 5. The number of nitrogens with two attached hydrogens (primary N) is 8. The molecule has 0 aromatic carbocycles. The Kier molecular flexibility index (Phi) is 50.2. The van der Waals surface area contributed by atoms with Crippen LogP contribution in [-0.2, 0) is 101 Å². The molecule has 0 radical (unpaired) electrons. The third kappa shape index (κ3) is 42.7. The molecule has 36 N–H and O–H groups in total. The SMILES string of the molecule is CC[C@H](C)[C@H](NC(=O)[C@H](C)NC(=O)[C@H](CCC(N)=O)NC(=O)[C@H](C)NC(=O)[C@H](CC(N)=O)NC(=O)[C@H](CC(C)C)NC(=O)[C@@H](N)CC(N)=O)C(=O)N[C@@H](CCC(N)=O)C(=O)N[C@@H](CO)C(=O)N[C@@H](CC(C)C)C(=O)N[C@@H](CCCN=C(N)N)C(=O)N[C@H](C(=O)N[C@@H](CO)C(=O)N[C@@H](CC(C)C)C(=O)N[C@@H](CCC(N)=O)C(=O)N[C@@H](CO)C(=O)O)[C@@H](C)O. The molecule has 690 valence electrons. The van der Waals surface area contributed by atoms with Gasteiger partial charge in [0, 0.05) is 25.8 Å². The van der Waals surface area contributed by atoms with E-state index < -0.39 is 316 Å². The standard InChI is InChI=1S/C72H126N24O26/c1-12-33(8)54(95-57(107)35(10)82-59(109)39(15-18-49(74)101)84-56(106)34(9)83-63(113)45(26-53(78)105)91-66(116)42(22-30(2)3)88-58(108)37(73)25-52(77)104)69(119)87-41(17-20-51(76)103)60(110)92-46(27-97)67(117)89-43(23-31(4)5)64(114)85-38(14-13-21-81-72(79)80)62(112)96-55(36(11)100)70(120)93-47(28-98)68(118)90-44(24-32(6)7)65(115)86-40(16-19-50(75)102)61(111)94-48(29-99)71(121)122/h30-48,54-55,97-100H,12-29,73H2,1-11H3,(H2,74,101)(H2,75,102)(H2,76,103)(H2,77,104)(H2,78,105)(H,82,109)(H,83,113)(H,84,106)(H,85,114)(H,86,115)(H,87,119)(H,88,108)(H,89,117)(H,90,118)(H,91,116)(H,92,110)(H,93,120)(H,94,111)(H,95,107)(H,96,112)(H,121,122)(H4,79,80,81)/t33-,34-,35-,36+,37-,38-,39-,40-,41-,42-,43-,44-,45-,46-,47-,48-,54-,55-/m0/s1. The number of hydrogen-bond acceptors (Lipinski definition) is 27. The number of aliphatic hydroxyl groups excluding tert-OH is 4. The van der Waals surface area contributed by atoms with Crippen LogP contribution in [0.2, 0.25) is 0 Å². The maximum absolute atomic E-state index is 14.4. The largest absolute Gasteiger partial charge is 0.480 e. The van der Waals surface area contributed by atoms with E-state index in [0.717, 1.165) is 20.8 Å². The highest BCUT2D eigenvalue weighted by Gasteiger charge is 2.40. The summed E-state index contributed by atoms with van der Waals surface area (Å²) in [7, 11) is 0. The van der Waals surface area contributed by atoms with Gasteiger partial charge in [0.1, 0.15) is 90.6 Å². The van der Waals surface area contributed by atoms with E-state index in [9.17, 15) is 126 Å². The van der Waals surface area contributed by atoms with Gasteiger partial charge in [0.25, 0.3) is 0 Å². The van der Waals surface area contributed by atoms with Gasteiger partial charge in [-0.2, -0.15) is 0 Å². The molecule has 0 rings (SSSR count). The molecule has 0 aromatic heterocycles. The first kappa shape index (κ1) is 110. The zero-order valence-corrected chi connectivity index (χ0v) is 70.2. The van der Waals surface area contributed by atoms with Crippen LogP contribution < -0.4 is 126 Å². The summed E-state index contributed by atoms with van der Waals surface area (Å²) in [5, 5.41) is 85.3. The van der Waals surface area contributed by atoms with Crippen LogP contribution in [0.3, 0.4) is 0 Å². The molecule has 20 amide bonds. The van der Waals surface area contributed by atoms with Gasteiger partial charge in [-0.1, -0.05) is 61.8 Å². The number of nitrogens with one attached hydrogen (secondary N) is 15. The Bertz CT molecular complexity index is 3680. The van der Waals surface area contributed by atoms with Gasteiger partial charge in [-0.15, -0.1) is 0 Å². The first-order valence-corrected chi connectivity index (χ1v) is 39.3. The van der Waals surface area contributed by atoms with Gasteiger partial charge in [-0.05, 0) is 95.8 Å². The topological polar surface area (TPSA) is 861 Å². The summed E-state index contributed by atoms with van der Waals surface area (Å²) in [5.74, 6) is -26.0. The normalized spacial score (nSPS) is 15.6. The molecule has 0 aromatic rings. The molecular weight excluding hydrogens is 1620 g/mol. The lowest BCUT2D eigenvalue weighted by molar-refractivity contribution is -0.143. The molecule has 18 atom stereocenters. The molecule has 50 heteroatoms. The average Bonchev–Trinajstić information content (AvgIpc) is 0.853. The van der Waals surface area contributed by atoms with E-state index in [-0.39, 0.29) is 56.9 Å². The number of carboxylic acids is 1. The molecule has 0 aliphatic heterocycles. The van der Waals surface area contributed by atoms with Crippen LogP contribution >= 0.6 is 0 Å². The predicted molar refractivity (Wildman–Crippen MR) is 429 cm³/mol. The molecule has 0 saturated carbocycles. The number of nitrogens with zero attached hydrogens (tertiary/aromatic N) is 1. The van der Waals surface area contributed by atoms with Gasteiger partial charge in [0.05, 0.1) is 44.8 Å². The van der Waals surface area contributed by atoms with Crippen molar-refractivity contribution in [1.29, 1.82) is 0 Å². The number of carboxylic acid groups (broad SMARTS) is 1. The van der Waals surface area contributed by atoms with Gasteiger partial charge in [0.2, 0.25) is 118 Å². The zero-order valence-electron chi connectivity index (χ0n) is 70.2. The minimum absolute atomic E-state index is 0.0406. The summed E-state index contributed by atoms with van der Waals surface area (Å²) in [6.45, 7) is 12.6. The molecule has 50 nitrogen and oxygen atoms in total. The first-order chi connectivity index (χ1) is 56.7. The van der Waals surface area contributed by atoms with E-state index in [1.165, 1.54) is 6.92 Å². The number of aliphatic imine (C=N–C) groups is 1. The number of rotatable bonds is 60. The van der Waals surface area contributed by atoms with E-state index >= 15 is 0 Å². The van der Waals surface area contributed by atoms with Crippen molar-refractivity contribution in [3.8, 4) is 0 Å². The van der Waals surface area contributed by atoms with Crippen LogP contribution in [0.15, 0.2) is 4.99 Å². The Balaban J connectivity index is 6.94. The minimum atomic E-state index is -2.01. The molecule has 0 saturated heterocycles. The van der Waals surface area contributed by atoms with Crippen molar-refractivity contribution < 1.29 is 126 Å². The average molecular weight is 1740 g/mol. The molecule has 0 aliphatic carbocycles. The quantitative estimate of drug-likeness (QED) is 0.0153. The van der Waals surface area contributed by atoms with E-state index in [1.807, 2.05) is 5.32 Å². The van der Waals surface area contributed by atoms with E-state index in [0.29, 0.717) is 0 Å². The van der Waals surface area contributed by atoms with Crippen molar-refractivity contribution in [3.63, 3.8) is 0 Å². The Morgan fingerprint density at radius 2 is 0.590 bits per heavy atom. The summed E-state index contributed by atoms with van der Waals surface area (Å²) in [5.41, 5.74) is 43.3. The number of amides is 20. The summed E-state index contributed by atoms with van der Waals surface area (Å²) >= 11 is 0. The van der Waals surface area contributed by atoms with Gasteiger partial charge in [-0.3, -0.25) is 101 Å². The van der Waals surface area contributed by atoms with Crippen molar-refractivity contribution in [3.05, 3.63) is 0 Å². The second-order valence-electron chi connectivity index (χ2n) is 30.4. The lowest BCUT2D eigenvalue weighted by atomic mass is 9.97. The summed E-state index contributed by atoms with van der Waals surface area (Å²) < 4.78 is 0. The van der Waals surface area contributed by atoms with E-state index in [2.05, 4.69) is 79.4 Å². The second-order valence-corrected chi connectivity index (χ2v) is 30.4. The number of aliphatic carboxylic acids is 1. The Morgan fingerprint density at radius 3 is 0.943 bits per heavy atom. The molecule has 0 heterocycles. The zero-order chi connectivity index (χ0) is 93.9. The Hall–Kier alpha value is -12.1. The smallest absolute Gasteiger partial charge is 0.328 e. The number of carbonyl (C=O) groups is 21. The fourth-order valence-electron chi connectivity index (χ4n) is 11.2. The molecule has 0 unspecified atom stereocenters. The van der Waals surface area contributed by atoms with Crippen LogP contribution in [0.5, 0.6) is 0 Å².